The van der Waals surface area contributed by atoms with Gasteiger partial charge in [0.2, 0.25) is 0 Å². The molecule has 24 heavy (non-hydrogen) atoms. The Hall–Kier alpha value is -2.34. The van der Waals surface area contributed by atoms with Gasteiger partial charge in [-0.1, -0.05) is 23.9 Å². The third kappa shape index (κ3) is 3.76. The first kappa shape index (κ1) is 16.5. The first-order valence-electron chi connectivity index (χ1n) is 7.58. The van der Waals surface area contributed by atoms with Crippen molar-refractivity contribution in [3.8, 4) is 17.1 Å². The van der Waals surface area contributed by atoms with Crippen LogP contribution in [0.2, 0.25) is 0 Å². The molecule has 1 heterocycles. The number of rotatable bonds is 6. The van der Waals surface area contributed by atoms with Crippen LogP contribution in [-0.2, 0) is 13.5 Å². The van der Waals surface area contributed by atoms with Gasteiger partial charge in [0, 0.05) is 18.4 Å². The van der Waals surface area contributed by atoms with Crippen LogP contribution in [-0.4, -0.2) is 27.6 Å². The largest absolute Gasteiger partial charge is 0.497 e. The normalized spacial score (nSPS) is 10.8. The molecule has 6 heteroatoms. The SMILES string of the molecule is COc1ccc(CCSc2nnc(-c3ccc(F)cc3)n2C)cc1. The van der Waals surface area contributed by atoms with Gasteiger partial charge in [-0.3, -0.25) is 0 Å². The van der Waals surface area contributed by atoms with Gasteiger partial charge in [-0.15, -0.1) is 10.2 Å². The van der Waals surface area contributed by atoms with Crippen LogP contribution in [0.1, 0.15) is 5.56 Å². The van der Waals surface area contributed by atoms with E-state index >= 15 is 0 Å². The van der Waals surface area contributed by atoms with Crippen LogP contribution in [0, 0.1) is 5.82 Å². The molecule has 3 aromatic rings. The van der Waals surface area contributed by atoms with Crippen molar-refractivity contribution in [2.24, 2.45) is 7.05 Å². The standard InChI is InChI=1S/C18H18FN3OS/c1-22-17(14-5-7-15(19)8-6-14)20-21-18(22)24-12-11-13-3-9-16(23-2)10-4-13/h3-10H,11-12H2,1-2H3. The van der Waals surface area contributed by atoms with Crippen molar-refractivity contribution in [2.75, 3.05) is 12.9 Å². The highest BCUT2D eigenvalue weighted by Crippen LogP contribution is 2.23. The summed E-state index contributed by atoms with van der Waals surface area (Å²) in [5, 5.41) is 9.30. The second-order valence-corrected chi connectivity index (χ2v) is 6.38. The van der Waals surface area contributed by atoms with Crippen molar-refractivity contribution >= 4 is 11.8 Å². The third-order valence-electron chi connectivity index (χ3n) is 3.72. The molecule has 0 radical (unpaired) electrons. The monoisotopic (exact) mass is 343 g/mol. The summed E-state index contributed by atoms with van der Waals surface area (Å²) in [6.07, 6.45) is 0.938. The maximum absolute atomic E-state index is 13.0. The van der Waals surface area contributed by atoms with E-state index in [4.69, 9.17) is 4.74 Å². The Morgan fingerprint density at radius 2 is 1.75 bits per heavy atom. The van der Waals surface area contributed by atoms with Crippen LogP contribution < -0.4 is 4.74 Å². The second-order valence-electron chi connectivity index (χ2n) is 5.32. The lowest BCUT2D eigenvalue weighted by Crippen LogP contribution is -1.96. The molecule has 3 rings (SSSR count). The zero-order valence-electron chi connectivity index (χ0n) is 13.6. The molecule has 0 aliphatic carbocycles. The Bertz CT molecular complexity index is 800. The topological polar surface area (TPSA) is 39.9 Å². The molecule has 0 saturated heterocycles. The first-order valence-corrected chi connectivity index (χ1v) is 8.57. The van der Waals surface area contributed by atoms with Gasteiger partial charge >= 0.3 is 0 Å². The Morgan fingerprint density at radius 3 is 2.42 bits per heavy atom. The molecule has 0 spiro atoms. The highest BCUT2D eigenvalue weighted by atomic mass is 32.2. The van der Waals surface area contributed by atoms with Crippen LogP contribution in [0.25, 0.3) is 11.4 Å². The number of nitrogens with zero attached hydrogens (tertiary/aromatic N) is 3. The van der Waals surface area contributed by atoms with Gasteiger partial charge in [0.15, 0.2) is 11.0 Å². The van der Waals surface area contributed by atoms with Gasteiger partial charge in [0.25, 0.3) is 0 Å². The van der Waals surface area contributed by atoms with Crippen molar-refractivity contribution in [3.05, 3.63) is 59.9 Å². The second kappa shape index (κ2) is 7.49. The summed E-state index contributed by atoms with van der Waals surface area (Å²) in [5.74, 6) is 2.25. The number of benzene rings is 2. The molecule has 0 aliphatic heterocycles. The van der Waals surface area contributed by atoms with Crippen molar-refractivity contribution in [1.82, 2.24) is 14.8 Å². The van der Waals surface area contributed by atoms with Gasteiger partial charge in [-0.05, 0) is 48.4 Å². The van der Waals surface area contributed by atoms with E-state index in [-0.39, 0.29) is 5.82 Å². The van der Waals surface area contributed by atoms with E-state index in [9.17, 15) is 4.39 Å². The predicted molar refractivity (Wildman–Crippen MR) is 93.8 cm³/mol. The molecule has 0 unspecified atom stereocenters. The van der Waals surface area contributed by atoms with Crippen molar-refractivity contribution in [1.29, 1.82) is 0 Å². The lowest BCUT2D eigenvalue weighted by atomic mass is 10.2. The summed E-state index contributed by atoms with van der Waals surface area (Å²) in [6, 6.07) is 14.4. The molecule has 2 aromatic carbocycles. The fraction of sp³-hybridized carbons (Fsp3) is 0.222. The zero-order chi connectivity index (χ0) is 16.9. The summed E-state index contributed by atoms with van der Waals surface area (Å²) in [5.41, 5.74) is 2.11. The maximum atomic E-state index is 13.0. The van der Waals surface area contributed by atoms with E-state index in [0.29, 0.717) is 0 Å². The van der Waals surface area contributed by atoms with Crippen LogP contribution in [0.5, 0.6) is 5.75 Å². The molecular weight excluding hydrogens is 325 g/mol. The van der Waals surface area contributed by atoms with E-state index < -0.39 is 0 Å². The minimum absolute atomic E-state index is 0.255. The molecule has 0 fully saturated rings. The molecule has 0 saturated carbocycles. The summed E-state index contributed by atoms with van der Waals surface area (Å²) in [6.45, 7) is 0. The van der Waals surface area contributed by atoms with E-state index in [0.717, 1.165) is 34.5 Å². The van der Waals surface area contributed by atoms with E-state index in [1.54, 1.807) is 31.0 Å². The summed E-state index contributed by atoms with van der Waals surface area (Å²) < 4.78 is 20.1. The average Bonchev–Trinajstić information content (AvgIpc) is 2.97. The number of aromatic nitrogens is 3. The Labute approximate surface area is 144 Å². The smallest absolute Gasteiger partial charge is 0.191 e. The first-order chi connectivity index (χ1) is 11.7. The molecule has 0 atom stereocenters. The third-order valence-corrected chi connectivity index (χ3v) is 4.74. The number of aryl methyl sites for hydroxylation is 1. The van der Waals surface area contributed by atoms with Crippen LogP contribution in [0.4, 0.5) is 4.39 Å². The molecule has 4 nitrogen and oxygen atoms in total. The molecule has 0 bridgehead atoms. The zero-order valence-corrected chi connectivity index (χ0v) is 14.4. The minimum atomic E-state index is -0.255. The number of methoxy groups -OCH3 is 1. The van der Waals surface area contributed by atoms with Gasteiger partial charge in [0.05, 0.1) is 7.11 Å². The van der Waals surface area contributed by atoms with Crippen molar-refractivity contribution in [3.63, 3.8) is 0 Å². The van der Waals surface area contributed by atoms with Gasteiger partial charge in [-0.25, -0.2) is 4.39 Å². The molecule has 0 N–H and O–H groups in total. The molecule has 0 amide bonds. The number of ether oxygens (including phenoxy) is 1. The molecule has 1 aromatic heterocycles. The van der Waals surface area contributed by atoms with Gasteiger partial charge < -0.3 is 9.30 Å². The van der Waals surface area contributed by atoms with Crippen LogP contribution in [0.3, 0.4) is 0 Å². The van der Waals surface area contributed by atoms with E-state index in [1.165, 1.54) is 17.7 Å². The average molecular weight is 343 g/mol. The maximum Gasteiger partial charge on any atom is 0.191 e. The predicted octanol–water partition coefficient (Wildman–Crippen LogP) is 3.96. The summed E-state index contributed by atoms with van der Waals surface area (Å²) in [7, 11) is 3.59. The van der Waals surface area contributed by atoms with Crippen molar-refractivity contribution in [2.45, 2.75) is 11.6 Å². The fourth-order valence-electron chi connectivity index (χ4n) is 2.34. The number of thioether (sulfide) groups is 1. The number of halogens is 1. The number of hydrogen-bond acceptors (Lipinski definition) is 4. The minimum Gasteiger partial charge on any atom is -0.497 e. The Balaban J connectivity index is 1.62. The lowest BCUT2D eigenvalue weighted by Gasteiger charge is -2.05. The highest BCUT2D eigenvalue weighted by Gasteiger charge is 2.11. The molecule has 0 aliphatic rings. The summed E-state index contributed by atoms with van der Waals surface area (Å²) in [4.78, 5) is 0. The summed E-state index contributed by atoms with van der Waals surface area (Å²) >= 11 is 1.65. The lowest BCUT2D eigenvalue weighted by molar-refractivity contribution is 0.414. The Morgan fingerprint density at radius 1 is 1.04 bits per heavy atom. The van der Waals surface area contributed by atoms with E-state index in [1.807, 2.05) is 23.7 Å². The quantitative estimate of drug-likeness (QED) is 0.635. The highest BCUT2D eigenvalue weighted by molar-refractivity contribution is 7.99. The number of hydrogen-bond donors (Lipinski definition) is 0. The Kier molecular flexibility index (Phi) is 5.15. The van der Waals surface area contributed by atoms with Crippen molar-refractivity contribution < 1.29 is 9.13 Å². The van der Waals surface area contributed by atoms with Gasteiger partial charge in [-0.2, -0.15) is 0 Å². The van der Waals surface area contributed by atoms with Gasteiger partial charge in [0.1, 0.15) is 11.6 Å². The van der Waals surface area contributed by atoms with E-state index in [2.05, 4.69) is 22.3 Å². The fourth-order valence-corrected chi connectivity index (χ4v) is 3.24. The van der Waals surface area contributed by atoms with Crippen LogP contribution in [0.15, 0.2) is 53.7 Å². The van der Waals surface area contributed by atoms with Crippen LogP contribution >= 0.6 is 11.8 Å². The molecular formula is C18H18FN3OS. The molecule has 124 valence electrons.